The predicted molar refractivity (Wildman–Crippen MR) is 50.8 cm³/mol. The van der Waals surface area contributed by atoms with E-state index in [1.165, 1.54) is 11.5 Å². The van der Waals surface area contributed by atoms with Gasteiger partial charge in [-0.25, -0.2) is 0 Å². The SMILES string of the molecule is CCCC[S@@](=O)c1snnc1C. The van der Waals surface area contributed by atoms with Gasteiger partial charge in [0.05, 0.1) is 16.5 Å². The molecule has 1 aromatic rings. The number of hydrogen-bond acceptors (Lipinski definition) is 4. The summed E-state index contributed by atoms with van der Waals surface area (Å²) >= 11 is 1.25. The van der Waals surface area contributed by atoms with Crippen molar-refractivity contribution in [1.82, 2.24) is 9.59 Å². The van der Waals surface area contributed by atoms with Crippen LogP contribution in [0.2, 0.25) is 0 Å². The number of nitrogens with zero attached hydrogens (tertiary/aromatic N) is 2. The van der Waals surface area contributed by atoms with E-state index in [1.54, 1.807) is 0 Å². The Morgan fingerprint density at radius 1 is 1.58 bits per heavy atom. The number of rotatable bonds is 4. The lowest BCUT2D eigenvalue weighted by molar-refractivity contribution is 0.680. The maximum atomic E-state index is 11.5. The maximum absolute atomic E-state index is 11.5. The number of unbranched alkanes of at least 4 members (excludes halogenated alkanes) is 1. The molecule has 3 nitrogen and oxygen atoms in total. The van der Waals surface area contributed by atoms with Crippen LogP contribution in [0.25, 0.3) is 0 Å². The minimum absolute atomic E-state index is 0.737. The average molecular weight is 204 g/mol. The van der Waals surface area contributed by atoms with Gasteiger partial charge in [-0.05, 0) is 24.9 Å². The zero-order valence-electron chi connectivity index (χ0n) is 7.24. The van der Waals surface area contributed by atoms with Gasteiger partial charge < -0.3 is 0 Å². The third-order valence-electron chi connectivity index (χ3n) is 1.50. The smallest absolute Gasteiger partial charge is 0.135 e. The van der Waals surface area contributed by atoms with Gasteiger partial charge in [0.15, 0.2) is 0 Å². The second kappa shape index (κ2) is 4.67. The molecule has 1 atom stereocenters. The van der Waals surface area contributed by atoms with Gasteiger partial charge in [0.25, 0.3) is 0 Å². The lowest BCUT2D eigenvalue weighted by Gasteiger charge is -1.96. The summed E-state index contributed by atoms with van der Waals surface area (Å²) in [6.45, 7) is 3.94. The molecule has 1 rings (SSSR count). The summed E-state index contributed by atoms with van der Waals surface area (Å²) < 4.78 is 16.1. The number of hydrogen-bond donors (Lipinski definition) is 0. The fourth-order valence-electron chi connectivity index (χ4n) is 0.800. The summed E-state index contributed by atoms with van der Waals surface area (Å²) in [5.74, 6) is 0.737. The molecule has 1 aromatic heterocycles. The van der Waals surface area contributed by atoms with E-state index in [-0.39, 0.29) is 0 Å². The van der Waals surface area contributed by atoms with Crippen molar-refractivity contribution >= 4 is 22.3 Å². The molecule has 0 bridgehead atoms. The van der Waals surface area contributed by atoms with Crippen LogP contribution >= 0.6 is 11.5 Å². The van der Waals surface area contributed by atoms with Crippen LogP contribution in [0.5, 0.6) is 0 Å². The quantitative estimate of drug-likeness (QED) is 0.750. The molecule has 0 N–H and O–H groups in total. The summed E-state index contributed by atoms with van der Waals surface area (Å²) in [4.78, 5) is 0. The third-order valence-corrected chi connectivity index (χ3v) is 4.27. The Kier molecular flexibility index (Phi) is 3.81. The molecule has 12 heavy (non-hydrogen) atoms. The first-order valence-electron chi connectivity index (χ1n) is 3.93. The van der Waals surface area contributed by atoms with Crippen molar-refractivity contribution in [1.29, 1.82) is 0 Å². The summed E-state index contributed by atoms with van der Waals surface area (Å²) in [6.07, 6.45) is 2.08. The van der Waals surface area contributed by atoms with E-state index in [0.29, 0.717) is 0 Å². The van der Waals surface area contributed by atoms with Crippen molar-refractivity contribution in [2.45, 2.75) is 30.9 Å². The molecule has 0 aliphatic carbocycles. The van der Waals surface area contributed by atoms with Crippen LogP contribution in [-0.4, -0.2) is 19.5 Å². The Labute approximate surface area is 78.8 Å². The van der Waals surface area contributed by atoms with Crippen molar-refractivity contribution in [2.24, 2.45) is 0 Å². The highest BCUT2D eigenvalue weighted by molar-refractivity contribution is 7.87. The average Bonchev–Trinajstić information content (AvgIpc) is 2.47. The molecular formula is C7H12N2OS2. The molecule has 68 valence electrons. The molecule has 0 unspecified atom stereocenters. The van der Waals surface area contributed by atoms with Crippen molar-refractivity contribution in [3.8, 4) is 0 Å². The summed E-state index contributed by atoms with van der Waals surface area (Å²) in [5, 5.41) is 3.82. The molecule has 0 aliphatic heterocycles. The monoisotopic (exact) mass is 204 g/mol. The second-order valence-corrected chi connectivity index (χ2v) is 5.07. The van der Waals surface area contributed by atoms with E-state index in [2.05, 4.69) is 16.5 Å². The lowest BCUT2D eigenvalue weighted by atomic mass is 10.4. The van der Waals surface area contributed by atoms with Crippen LogP contribution in [-0.2, 0) is 10.8 Å². The van der Waals surface area contributed by atoms with Crippen LogP contribution in [0, 0.1) is 6.92 Å². The Hall–Kier alpha value is -0.290. The summed E-state index contributed by atoms with van der Waals surface area (Å²) in [6, 6.07) is 0. The van der Waals surface area contributed by atoms with Gasteiger partial charge in [-0.1, -0.05) is 17.8 Å². The zero-order chi connectivity index (χ0) is 8.97. The predicted octanol–water partition coefficient (Wildman–Crippen LogP) is 1.75. The Morgan fingerprint density at radius 2 is 2.33 bits per heavy atom. The normalized spacial score (nSPS) is 13.2. The second-order valence-electron chi connectivity index (χ2n) is 2.55. The first kappa shape index (κ1) is 9.80. The van der Waals surface area contributed by atoms with Gasteiger partial charge in [0.2, 0.25) is 0 Å². The summed E-state index contributed by atoms with van der Waals surface area (Å²) in [7, 11) is -0.870. The lowest BCUT2D eigenvalue weighted by Crippen LogP contribution is -1.96. The van der Waals surface area contributed by atoms with Crippen molar-refractivity contribution < 1.29 is 4.21 Å². The summed E-state index contributed by atoms with van der Waals surface area (Å²) in [5.41, 5.74) is 0.814. The van der Waals surface area contributed by atoms with E-state index < -0.39 is 10.8 Å². The van der Waals surface area contributed by atoms with Crippen molar-refractivity contribution in [2.75, 3.05) is 5.75 Å². The van der Waals surface area contributed by atoms with E-state index in [1.807, 2.05) is 6.92 Å². The molecule has 5 heteroatoms. The number of aromatic nitrogens is 2. The third kappa shape index (κ3) is 2.35. The Bertz CT molecular complexity index is 272. The topological polar surface area (TPSA) is 42.9 Å². The highest BCUT2D eigenvalue weighted by atomic mass is 32.2. The molecule has 1 heterocycles. The standard InChI is InChI=1S/C7H12N2OS2/c1-3-4-5-12(10)7-6(2)8-9-11-7/h3-5H2,1-2H3/t12-/m1/s1. The molecule has 0 spiro atoms. The van der Waals surface area contributed by atoms with Crippen molar-refractivity contribution in [3.05, 3.63) is 5.69 Å². The Morgan fingerprint density at radius 3 is 2.83 bits per heavy atom. The molecule has 0 radical (unpaired) electrons. The number of aryl methyl sites for hydroxylation is 1. The van der Waals surface area contributed by atoms with Crippen LogP contribution < -0.4 is 0 Å². The molecule has 0 aliphatic rings. The first-order valence-corrected chi connectivity index (χ1v) is 6.02. The zero-order valence-corrected chi connectivity index (χ0v) is 8.87. The highest BCUT2D eigenvalue weighted by Gasteiger charge is 2.09. The molecular weight excluding hydrogens is 192 g/mol. The van der Waals surface area contributed by atoms with Gasteiger partial charge in [0.1, 0.15) is 4.21 Å². The Balaban J connectivity index is 2.59. The van der Waals surface area contributed by atoms with Gasteiger partial charge in [0, 0.05) is 5.75 Å². The van der Waals surface area contributed by atoms with E-state index >= 15 is 0 Å². The van der Waals surface area contributed by atoms with Gasteiger partial charge in [-0.2, -0.15) is 0 Å². The molecule has 0 fully saturated rings. The van der Waals surface area contributed by atoms with Gasteiger partial charge >= 0.3 is 0 Å². The molecule has 0 aromatic carbocycles. The van der Waals surface area contributed by atoms with Crippen LogP contribution in [0.15, 0.2) is 4.21 Å². The fraction of sp³-hybridized carbons (Fsp3) is 0.714. The first-order chi connectivity index (χ1) is 5.75. The maximum Gasteiger partial charge on any atom is 0.135 e. The van der Waals surface area contributed by atoms with Crippen LogP contribution in [0.3, 0.4) is 0 Å². The molecule has 0 amide bonds. The van der Waals surface area contributed by atoms with Crippen molar-refractivity contribution in [3.63, 3.8) is 0 Å². The minimum Gasteiger partial charge on any atom is -0.253 e. The highest BCUT2D eigenvalue weighted by Crippen LogP contribution is 2.15. The van der Waals surface area contributed by atoms with E-state index in [4.69, 9.17) is 0 Å². The fourth-order valence-corrected chi connectivity index (χ4v) is 3.00. The van der Waals surface area contributed by atoms with Crippen LogP contribution in [0.1, 0.15) is 25.5 Å². The molecule has 0 saturated heterocycles. The van der Waals surface area contributed by atoms with Gasteiger partial charge in [-0.15, -0.1) is 5.10 Å². The minimum atomic E-state index is -0.870. The van der Waals surface area contributed by atoms with Crippen LogP contribution in [0.4, 0.5) is 0 Å². The van der Waals surface area contributed by atoms with Gasteiger partial charge in [-0.3, -0.25) is 4.21 Å². The van der Waals surface area contributed by atoms with E-state index in [0.717, 1.165) is 28.5 Å². The largest absolute Gasteiger partial charge is 0.253 e. The van der Waals surface area contributed by atoms with E-state index in [9.17, 15) is 4.21 Å². The molecule has 0 saturated carbocycles.